The molecule has 0 aliphatic heterocycles. The minimum Gasteiger partial charge on any atom is -0.496 e. The van der Waals surface area contributed by atoms with Crippen LogP contribution in [0.3, 0.4) is 0 Å². The Labute approximate surface area is 97.0 Å². The van der Waals surface area contributed by atoms with Gasteiger partial charge >= 0.3 is 0 Å². The average molecular weight is 220 g/mol. The lowest BCUT2D eigenvalue weighted by Gasteiger charge is -2.39. The molecule has 0 saturated heterocycles. The molecule has 1 fully saturated rings. The van der Waals surface area contributed by atoms with Crippen LogP contribution in [0.2, 0.25) is 0 Å². The first-order valence-electron chi connectivity index (χ1n) is 5.80. The minimum atomic E-state index is 0.326. The lowest BCUT2D eigenvalue weighted by Crippen LogP contribution is -2.47. The number of nitrogens with one attached hydrogen (secondary N) is 1. The van der Waals surface area contributed by atoms with Crippen molar-refractivity contribution in [1.82, 2.24) is 5.32 Å². The number of rotatable bonds is 4. The Kier molecular flexibility index (Phi) is 3.06. The fourth-order valence-corrected chi connectivity index (χ4v) is 2.10. The van der Waals surface area contributed by atoms with Gasteiger partial charge in [0.05, 0.1) is 7.11 Å². The van der Waals surface area contributed by atoms with E-state index in [1.54, 1.807) is 7.11 Å². The molecule has 2 rings (SSSR count). The SMILES string of the molecule is COc1cc(N)ccc1CNC1(C)CCC1. The van der Waals surface area contributed by atoms with Gasteiger partial charge in [-0.1, -0.05) is 6.07 Å². The summed E-state index contributed by atoms with van der Waals surface area (Å²) < 4.78 is 5.32. The van der Waals surface area contributed by atoms with E-state index in [9.17, 15) is 0 Å². The fraction of sp³-hybridized carbons (Fsp3) is 0.538. The molecule has 0 unspecified atom stereocenters. The summed E-state index contributed by atoms with van der Waals surface area (Å²) >= 11 is 0. The summed E-state index contributed by atoms with van der Waals surface area (Å²) in [6.07, 6.45) is 3.87. The predicted octanol–water partition coefficient (Wildman–Crippen LogP) is 2.31. The maximum absolute atomic E-state index is 5.72. The summed E-state index contributed by atoms with van der Waals surface area (Å²) in [5.41, 5.74) is 7.96. The minimum absolute atomic E-state index is 0.326. The molecule has 3 nitrogen and oxygen atoms in total. The van der Waals surface area contributed by atoms with Gasteiger partial charge in [-0.25, -0.2) is 0 Å². The van der Waals surface area contributed by atoms with Crippen LogP contribution in [0.5, 0.6) is 5.75 Å². The Morgan fingerprint density at radius 2 is 2.19 bits per heavy atom. The average Bonchev–Trinajstić information content (AvgIpc) is 2.24. The van der Waals surface area contributed by atoms with Crippen LogP contribution >= 0.6 is 0 Å². The zero-order valence-corrected chi connectivity index (χ0v) is 10.0. The van der Waals surface area contributed by atoms with E-state index in [-0.39, 0.29) is 0 Å². The first-order chi connectivity index (χ1) is 7.63. The highest BCUT2D eigenvalue weighted by atomic mass is 16.5. The summed E-state index contributed by atoms with van der Waals surface area (Å²) in [5.74, 6) is 0.871. The summed E-state index contributed by atoms with van der Waals surface area (Å²) in [6.45, 7) is 3.13. The van der Waals surface area contributed by atoms with Crippen molar-refractivity contribution in [3.05, 3.63) is 23.8 Å². The number of hydrogen-bond donors (Lipinski definition) is 2. The summed E-state index contributed by atoms with van der Waals surface area (Å²) in [5, 5.41) is 3.59. The number of nitrogens with two attached hydrogens (primary N) is 1. The van der Waals surface area contributed by atoms with Gasteiger partial charge in [0.25, 0.3) is 0 Å². The van der Waals surface area contributed by atoms with Gasteiger partial charge in [0, 0.05) is 29.4 Å². The Hall–Kier alpha value is -1.22. The molecule has 0 amide bonds. The molecule has 1 aromatic rings. The second kappa shape index (κ2) is 4.34. The highest BCUT2D eigenvalue weighted by molar-refractivity contribution is 5.48. The van der Waals surface area contributed by atoms with Crippen molar-refractivity contribution in [2.24, 2.45) is 0 Å². The molecule has 3 heteroatoms. The molecular formula is C13H20N2O. The van der Waals surface area contributed by atoms with Gasteiger partial charge < -0.3 is 15.8 Å². The van der Waals surface area contributed by atoms with Crippen molar-refractivity contribution in [3.63, 3.8) is 0 Å². The predicted molar refractivity (Wildman–Crippen MR) is 66.5 cm³/mol. The van der Waals surface area contributed by atoms with E-state index in [0.717, 1.165) is 18.0 Å². The third-order valence-electron chi connectivity index (χ3n) is 3.47. The lowest BCUT2D eigenvalue weighted by atomic mass is 9.78. The van der Waals surface area contributed by atoms with E-state index in [4.69, 9.17) is 10.5 Å². The third-order valence-corrected chi connectivity index (χ3v) is 3.47. The maximum atomic E-state index is 5.72. The van der Waals surface area contributed by atoms with Crippen molar-refractivity contribution in [3.8, 4) is 5.75 Å². The van der Waals surface area contributed by atoms with Crippen molar-refractivity contribution >= 4 is 5.69 Å². The zero-order chi connectivity index (χ0) is 11.6. The Morgan fingerprint density at radius 1 is 1.44 bits per heavy atom. The van der Waals surface area contributed by atoms with Crippen LogP contribution in [-0.2, 0) is 6.54 Å². The maximum Gasteiger partial charge on any atom is 0.125 e. The first kappa shape index (κ1) is 11.3. The van der Waals surface area contributed by atoms with Gasteiger partial charge in [0.2, 0.25) is 0 Å². The number of benzene rings is 1. The molecule has 1 saturated carbocycles. The Morgan fingerprint density at radius 3 is 2.75 bits per heavy atom. The lowest BCUT2D eigenvalue weighted by molar-refractivity contribution is 0.206. The molecule has 3 N–H and O–H groups in total. The van der Waals surface area contributed by atoms with Crippen LogP contribution in [-0.4, -0.2) is 12.6 Å². The van der Waals surface area contributed by atoms with Gasteiger partial charge in [-0.05, 0) is 32.3 Å². The molecule has 0 radical (unpaired) electrons. The van der Waals surface area contributed by atoms with Crippen molar-refractivity contribution < 1.29 is 4.74 Å². The van der Waals surface area contributed by atoms with Crippen LogP contribution < -0.4 is 15.8 Å². The topological polar surface area (TPSA) is 47.3 Å². The first-order valence-corrected chi connectivity index (χ1v) is 5.80. The monoisotopic (exact) mass is 220 g/mol. The number of nitrogen functional groups attached to an aromatic ring is 1. The summed E-state index contributed by atoms with van der Waals surface area (Å²) in [4.78, 5) is 0. The van der Waals surface area contributed by atoms with E-state index in [1.807, 2.05) is 18.2 Å². The molecule has 88 valence electrons. The largest absolute Gasteiger partial charge is 0.496 e. The third kappa shape index (κ3) is 2.30. The Bertz CT molecular complexity index is 372. The molecule has 0 heterocycles. The van der Waals surface area contributed by atoms with Crippen molar-refractivity contribution in [2.45, 2.75) is 38.3 Å². The molecule has 1 aliphatic rings. The smallest absolute Gasteiger partial charge is 0.125 e. The van der Waals surface area contributed by atoms with Crippen LogP contribution in [0, 0.1) is 0 Å². The van der Waals surface area contributed by atoms with Crippen LogP contribution in [0.4, 0.5) is 5.69 Å². The molecule has 0 bridgehead atoms. The van der Waals surface area contributed by atoms with Gasteiger partial charge in [-0.15, -0.1) is 0 Å². The normalized spacial score (nSPS) is 17.9. The van der Waals surface area contributed by atoms with E-state index < -0.39 is 0 Å². The number of hydrogen-bond acceptors (Lipinski definition) is 3. The molecule has 1 aliphatic carbocycles. The molecule has 0 aromatic heterocycles. The van der Waals surface area contributed by atoms with Crippen molar-refractivity contribution in [2.75, 3.05) is 12.8 Å². The molecule has 0 atom stereocenters. The quantitative estimate of drug-likeness (QED) is 0.765. The number of anilines is 1. The highest BCUT2D eigenvalue weighted by Gasteiger charge is 2.30. The number of ether oxygens (including phenoxy) is 1. The van der Waals surface area contributed by atoms with Gasteiger partial charge in [-0.3, -0.25) is 0 Å². The second-order valence-electron chi connectivity index (χ2n) is 4.84. The molecule has 16 heavy (non-hydrogen) atoms. The second-order valence-corrected chi connectivity index (χ2v) is 4.84. The standard InChI is InChI=1S/C13H20N2O/c1-13(6-3-7-13)15-9-10-4-5-11(14)8-12(10)16-2/h4-5,8,15H,3,6-7,9,14H2,1-2H3. The van der Waals surface area contributed by atoms with Crippen LogP contribution in [0.15, 0.2) is 18.2 Å². The number of methoxy groups -OCH3 is 1. The van der Waals surface area contributed by atoms with Crippen molar-refractivity contribution in [1.29, 1.82) is 0 Å². The van der Waals surface area contributed by atoms with Gasteiger partial charge in [0.1, 0.15) is 5.75 Å². The molecule has 0 spiro atoms. The van der Waals surface area contributed by atoms with E-state index in [2.05, 4.69) is 12.2 Å². The van der Waals surface area contributed by atoms with E-state index in [0.29, 0.717) is 5.54 Å². The molecule has 1 aromatic carbocycles. The fourth-order valence-electron chi connectivity index (χ4n) is 2.10. The van der Waals surface area contributed by atoms with Crippen LogP contribution in [0.25, 0.3) is 0 Å². The van der Waals surface area contributed by atoms with Gasteiger partial charge in [0.15, 0.2) is 0 Å². The summed E-state index contributed by atoms with van der Waals surface area (Å²) in [7, 11) is 1.68. The van der Waals surface area contributed by atoms with E-state index in [1.165, 1.54) is 24.8 Å². The van der Waals surface area contributed by atoms with Gasteiger partial charge in [-0.2, -0.15) is 0 Å². The zero-order valence-electron chi connectivity index (χ0n) is 10.0. The van der Waals surface area contributed by atoms with E-state index >= 15 is 0 Å². The van der Waals surface area contributed by atoms with Crippen LogP contribution in [0.1, 0.15) is 31.7 Å². The highest BCUT2D eigenvalue weighted by Crippen LogP contribution is 2.32. The summed E-state index contributed by atoms with van der Waals surface area (Å²) in [6, 6.07) is 5.83. The Balaban J connectivity index is 2.03. The molecular weight excluding hydrogens is 200 g/mol.